The van der Waals surface area contributed by atoms with Gasteiger partial charge in [0.05, 0.1) is 24.3 Å². The number of halogens is 2. The molecule has 156 valence electrons. The van der Waals surface area contributed by atoms with E-state index in [1.807, 2.05) is 18.2 Å². The fourth-order valence-corrected chi connectivity index (χ4v) is 3.84. The van der Waals surface area contributed by atoms with Crippen molar-refractivity contribution in [2.45, 2.75) is 24.8 Å². The molecule has 2 heterocycles. The molecule has 30 heavy (non-hydrogen) atoms. The highest BCUT2D eigenvalue weighted by Gasteiger charge is 2.19. The van der Waals surface area contributed by atoms with E-state index in [4.69, 9.17) is 16.3 Å². The number of aromatic nitrogens is 1. The first-order valence-corrected chi connectivity index (χ1v) is 10.2. The van der Waals surface area contributed by atoms with Gasteiger partial charge >= 0.3 is 0 Å². The number of nitrogens with one attached hydrogen (secondary N) is 1. The number of nitrogens with zero attached hydrogens (tertiary/aromatic N) is 1. The fourth-order valence-electron chi connectivity index (χ4n) is 3.65. The van der Waals surface area contributed by atoms with E-state index < -0.39 is 11.7 Å². The lowest BCUT2D eigenvalue weighted by molar-refractivity contribution is 0.0960. The Kier molecular flexibility index (Phi) is 6.27. The van der Waals surface area contributed by atoms with E-state index in [2.05, 4.69) is 10.3 Å². The van der Waals surface area contributed by atoms with Gasteiger partial charge < -0.3 is 15.2 Å². The summed E-state index contributed by atoms with van der Waals surface area (Å²) in [6.45, 7) is 1.17. The number of benzene rings is 2. The maximum Gasteiger partial charge on any atom is 0.163 e. The van der Waals surface area contributed by atoms with E-state index in [0.717, 1.165) is 29.6 Å². The SMILES string of the molecule is O=C(C[C@H](CO)c1ccc(F)c(Cl)c1)c1ccc2cnc(NC3CCOC3)cc2c1. The summed E-state index contributed by atoms with van der Waals surface area (Å²) >= 11 is 5.85. The van der Waals surface area contributed by atoms with Crippen LogP contribution >= 0.6 is 11.6 Å². The molecule has 1 aromatic heterocycles. The van der Waals surface area contributed by atoms with E-state index in [0.29, 0.717) is 17.7 Å². The first kappa shape index (κ1) is 20.7. The molecule has 2 aromatic carbocycles. The van der Waals surface area contributed by atoms with Crippen LogP contribution in [-0.2, 0) is 4.74 Å². The fraction of sp³-hybridized carbons (Fsp3) is 0.304. The molecule has 0 bridgehead atoms. The number of ketones is 1. The van der Waals surface area contributed by atoms with Gasteiger partial charge in [0.15, 0.2) is 5.78 Å². The van der Waals surface area contributed by atoms with Crippen molar-refractivity contribution >= 4 is 34.0 Å². The Hall–Kier alpha value is -2.54. The Bertz CT molecular complexity index is 1070. The number of Topliss-reactive ketones (excluding diaryl/α,β-unsaturated/α-hetero) is 1. The van der Waals surface area contributed by atoms with Crippen molar-refractivity contribution in [1.29, 1.82) is 0 Å². The largest absolute Gasteiger partial charge is 0.396 e. The number of hydrogen-bond acceptors (Lipinski definition) is 5. The van der Waals surface area contributed by atoms with Crippen molar-refractivity contribution in [2.24, 2.45) is 0 Å². The molecule has 1 fully saturated rings. The number of pyridine rings is 1. The topological polar surface area (TPSA) is 71.5 Å². The number of anilines is 1. The molecule has 4 rings (SSSR count). The molecule has 7 heteroatoms. The number of fused-ring (bicyclic) bond motifs is 1. The third kappa shape index (κ3) is 4.61. The van der Waals surface area contributed by atoms with Gasteiger partial charge in [-0.25, -0.2) is 9.37 Å². The summed E-state index contributed by atoms with van der Waals surface area (Å²) in [6, 6.07) is 11.9. The molecule has 1 unspecified atom stereocenters. The van der Waals surface area contributed by atoms with E-state index >= 15 is 0 Å². The van der Waals surface area contributed by atoms with Crippen molar-refractivity contribution < 1.29 is 19.0 Å². The number of aliphatic hydroxyl groups excluding tert-OH is 1. The first-order chi connectivity index (χ1) is 14.5. The summed E-state index contributed by atoms with van der Waals surface area (Å²) < 4.78 is 18.8. The molecule has 5 nitrogen and oxygen atoms in total. The number of carbonyl (C=O) groups excluding carboxylic acids is 1. The molecule has 0 amide bonds. The van der Waals surface area contributed by atoms with Crippen LogP contribution < -0.4 is 5.32 Å². The quantitative estimate of drug-likeness (QED) is 0.539. The summed E-state index contributed by atoms with van der Waals surface area (Å²) in [5.74, 6) is -0.341. The molecule has 1 aliphatic rings. The number of hydrogen-bond donors (Lipinski definition) is 2. The monoisotopic (exact) mass is 428 g/mol. The molecule has 3 aromatic rings. The van der Waals surface area contributed by atoms with Gasteiger partial charge in [-0.15, -0.1) is 0 Å². The minimum atomic E-state index is -0.528. The molecule has 0 saturated carbocycles. The summed E-state index contributed by atoms with van der Waals surface area (Å²) in [6.07, 6.45) is 2.81. The smallest absolute Gasteiger partial charge is 0.163 e. The van der Waals surface area contributed by atoms with Crippen molar-refractivity contribution in [3.63, 3.8) is 0 Å². The van der Waals surface area contributed by atoms with Gasteiger partial charge in [-0.2, -0.15) is 0 Å². The zero-order chi connectivity index (χ0) is 21.1. The van der Waals surface area contributed by atoms with Crippen LogP contribution in [0.3, 0.4) is 0 Å². The number of ether oxygens (including phenoxy) is 1. The Morgan fingerprint density at radius 2 is 2.13 bits per heavy atom. The zero-order valence-electron chi connectivity index (χ0n) is 16.3. The predicted molar refractivity (Wildman–Crippen MR) is 115 cm³/mol. The van der Waals surface area contributed by atoms with Gasteiger partial charge in [-0.1, -0.05) is 29.8 Å². The van der Waals surface area contributed by atoms with Crippen molar-refractivity contribution in [3.8, 4) is 0 Å². The Balaban J connectivity index is 1.53. The second kappa shape index (κ2) is 9.08. The molecule has 0 radical (unpaired) electrons. The van der Waals surface area contributed by atoms with Crippen LogP contribution in [0.1, 0.15) is 34.7 Å². The predicted octanol–water partition coefficient (Wildman–Crippen LogP) is 4.58. The highest BCUT2D eigenvalue weighted by Crippen LogP contribution is 2.27. The highest BCUT2D eigenvalue weighted by atomic mass is 35.5. The van der Waals surface area contributed by atoms with Gasteiger partial charge in [0.2, 0.25) is 0 Å². The molecular weight excluding hydrogens is 407 g/mol. The van der Waals surface area contributed by atoms with Crippen molar-refractivity contribution in [1.82, 2.24) is 4.98 Å². The molecule has 1 saturated heterocycles. The van der Waals surface area contributed by atoms with Gasteiger partial charge in [0, 0.05) is 36.1 Å². The van der Waals surface area contributed by atoms with Gasteiger partial charge in [-0.3, -0.25) is 4.79 Å². The van der Waals surface area contributed by atoms with Crippen molar-refractivity contribution in [2.75, 3.05) is 25.1 Å². The van der Waals surface area contributed by atoms with Crippen molar-refractivity contribution in [3.05, 3.63) is 70.6 Å². The Labute approximate surface area is 178 Å². The third-order valence-corrected chi connectivity index (χ3v) is 5.68. The van der Waals surface area contributed by atoms with E-state index in [1.54, 1.807) is 18.3 Å². The molecule has 0 spiro atoms. The third-order valence-electron chi connectivity index (χ3n) is 5.39. The lowest BCUT2D eigenvalue weighted by Gasteiger charge is -2.15. The highest BCUT2D eigenvalue weighted by molar-refractivity contribution is 6.30. The standard InChI is InChI=1S/C23H22ClFN2O3/c24-20-8-14(3-4-21(20)25)18(12-28)9-22(29)15-1-2-16-11-26-23(10-17(16)7-15)27-19-5-6-30-13-19/h1-4,7-8,10-11,18-19,28H,5-6,9,12-13H2,(H,26,27)/t18-,19?/m1/s1. The average molecular weight is 429 g/mol. The molecular formula is C23H22ClFN2O3. The maximum atomic E-state index is 13.4. The summed E-state index contributed by atoms with van der Waals surface area (Å²) in [5.41, 5.74) is 1.18. The summed E-state index contributed by atoms with van der Waals surface area (Å²) in [5, 5.41) is 14.9. The Morgan fingerprint density at radius 1 is 1.27 bits per heavy atom. The molecule has 1 aliphatic heterocycles. The number of carbonyl (C=O) groups is 1. The van der Waals surface area contributed by atoms with Gasteiger partial charge in [0.25, 0.3) is 0 Å². The van der Waals surface area contributed by atoms with Crippen LogP contribution in [0.15, 0.2) is 48.7 Å². The van der Waals surface area contributed by atoms with E-state index in [1.165, 1.54) is 12.1 Å². The minimum absolute atomic E-state index is 0.0238. The van der Waals surface area contributed by atoms with Gasteiger partial charge in [-0.05, 0) is 41.6 Å². The molecule has 2 atom stereocenters. The first-order valence-electron chi connectivity index (χ1n) is 9.86. The Morgan fingerprint density at radius 3 is 2.87 bits per heavy atom. The summed E-state index contributed by atoms with van der Waals surface area (Å²) in [4.78, 5) is 17.3. The number of rotatable bonds is 7. The van der Waals surface area contributed by atoms with E-state index in [-0.39, 0.29) is 29.9 Å². The normalized spacial score (nSPS) is 17.2. The summed E-state index contributed by atoms with van der Waals surface area (Å²) in [7, 11) is 0. The molecule has 2 N–H and O–H groups in total. The second-order valence-electron chi connectivity index (χ2n) is 7.52. The average Bonchev–Trinajstić information content (AvgIpc) is 3.26. The van der Waals surface area contributed by atoms with Crippen LogP contribution in [0.4, 0.5) is 10.2 Å². The van der Waals surface area contributed by atoms with Crippen LogP contribution in [-0.4, -0.2) is 41.7 Å². The minimum Gasteiger partial charge on any atom is -0.396 e. The van der Waals surface area contributed by atoms with Crippen LogP contribution in [0.25, 0.3) is 10.8 Å². The van der Waals surface area contributed by atoms with Crippen LogP contribution in [0, 0.1) is 5.82 Å². The zero-order valence-corrected chi connectivity index (χ0v) is 17.0. The lowest BCUT2D eigenvalue weighted by Crippen LogP contribution is -2.19. The lowest BCUT2D eigenvalue weighted by atomic mass is 9.91. The van der Waals surface area contributed by atoms with Gasteiger partial charge in [0.1, 0.15) is 11.6 Å². The van der Waals surface area contributed by atoms with Crippen LogP contribution in [0.5, 0.6) is 0 Å². The number of aliphatic hydroxyl groups is 1. The van der Waals surface area contributed by atoms with Crippen LogP contribution in [0.2, 0.25) is 5.02 Å². The second-order valence-corrected chi connectivity index (χ2v) is 7.92. The van der Waals surface area contributed by atoms with E-state index in [9.17, 15) is 14.3 Å². The molecule has 0 aliphatic carbocycles. The maximum absolute atomic E-state index is 13.4.